The minimum Gasteiger partial charge on any atom is -0.495 e. The lowest BCUT2D eigenvalue weighted by Crippen LogP contribution is -2.31. The average Bonchev–Trinajstić information content (AvgIpc) is 3.19. The van der Waals surface area contributed by atoms with Crippen molar-refractivity contribution in [2.45, 2.75) is 6.54 Å². The first-order chi connectivity index (χ1) is 15.4. The third-order valence-electron chi connectivity index (χ3n) is 4.85. The second-order valence-corrected chi connectivity index (χ2v) is 8.57. The summed E-state index contributed by atoms with van der Waals surface area (Å²) in [6, 6.07) is 14.8. The van der Waals surface area contributed by atoms with Crippen LogP contribution in [0.1, 0.15) is 5.82 Å². The molecule has 0 spiro atoms. The summed E-state index contributed by atoms with van der Waals surface area (Å²) in [7, 11) is 3.31. The second-order valence-electron chi connectivity index (χ2n) is 7.27. The largest absolute Gasteiger partial charge is 0.495 e. The number of halogens is 1. The normalized spacial score (nSPS) is 11.1. The summed E-state index contributed by atoms with van der Waals surface area (Å²) in [6.07, 6.45) is 0. The fourth-order valence-electron chi connectivity index (χ4n) is 3.42. The molecule has 1 amide bonds. The van der Waals surface area contributed by atoms with Gasteiger partial charge in [-0.25, -0.2) is 4.98 Å². The van der Waals surface area contributed by atoms with Gasteiger partial charge in [-0.05, 0) is 30.8 Å². The molecule has 2 aromatic heterocycles. The Morgan fingerprint density at radius 2 is 2.03 bits per heavy atom. The van der Waals surface area contributed by atoms with Crippen molar-refractivity contribution in [3.05, 3.63) is 75.1 Å². The molecule has 0 saturated heterocycles. The maximum atomic E-state index is 12.8. The predicted octanol–water partition coefficient (Wildman–Crippen LogP) is 4.38. The molecule has 0 fully saturated rings. The first kappa shape index (κ1) is 22.0. The molecule has 4 aromatic rings. The number of likely N-dealkylation sites (N-methyl/N-ethyl adjacent to an activating group) is 1. The number of thiophene rings is 1. The molecule has 32 heavy (non-hydrogen) atoms. The lowest BCUT2D eigenvalue weighted by Gasteiger charge is -2.16. The van der Waals surface area contributed by atoms with E-state index in [1.807, 2.05) is 35.7 Å². The summed E-state index contributed by atoms with van der Waals surface area (Å²) < 4.78 is 5.25. The molecule has 0 radical (unpaired) electrons. The number of methoxy groups -OCH3 is 1. The van der Waals surface area contributed by atoms with Crippen molar-refractivity contribution < 1.29 is 9.53 Å². The highest BCUT2D eigenvalue weighted by molar-refractivity contribution is 7.17. The van der Waals surface area contributed by atoms with E-state index >= 15 is 0 Å². The van der Waals surface area contributed by atoms with Gasteiger partial charge >= 0.3 is 0 Å². The van der Waals surface area contributed by atoms with Gasteiger partial charge in [0.05, 0.1) is 31.3 Å². The van der Waals surface area contributed by atoms with Crippen LogP contribution in [0.15, 0.2) is 58.7 Å². The van der Waals surface area contributed by atoms with Crippen molar-refractivity contribution in [2.24, 2.45) is 0 Å². The third kappa shape index (κ3) is 4.83. The number of carbonyl (C=O) groups excluding carboxylic acids is 1. The van der Waals surface area contributed by atoms with Crippen LogP contribution in [-0.2, 0) is 11.3 Å². The predicted molar refractivity (Wildman–Crippen MR) is 129 cm³/mol. The second kappa shape index (κ2) is 9.52. The van der Waals surface area contributed by atoms with Gasteiger partial charge in [-0.1, -0.05) is 41.9 Å². The van der Waals surface area contributed by atoms with Crippen LogP contribution in [0.25, 0.3) is 21.3 Å². The minimum atomic E-state index is -0.237. The number of anilines is 1. The van der Waals surface area contributed by atoms with Crippen molar-refractivity contribution in [3.63, 3.8) is 0 Å². The molecule has 2 heterocycles. The van der Waals surface area contributed by atoms with Gasteiger partial charge in [0.1, 0.15) is 16.4 Å². The maximum Gasteiger partial charge on any atom is 0.260 e. The van der Waals surface area contributed by atoms with Crippen LogP contribution >= 0.6 is 22.9 Å². The lowest BCUT2D eigenvalue weighted by molar-refractivity contribution is -0.117. The summed E-state index contributed by atoms with van der Waals surface area (Å²) in [5.41, 5.74) is 2.16. The first-order valence-corrected chi connectivity index (χ1v) is 11.1. The van der Waals surface area contributed by atoms with Gasteiger partial charge in [-0.15, -0.1) is 11.3 Å². The number of carbonyl (C=O) groups is 1. The van der Waals surface area contributed by atoms with Gasteiger partial charge in [-0.3, -0.25) is 14.5 Å². The number of aromatic nitrogens is 2. The van der Waals surface area contributed by atoms with Gasteiger partial charge in [0.25, 0.3) is 5.56 Å². The fourth-order valence-corrected chi connectivity index (χ4v) is 4.56. The van der Waals surface area contributed by atoms with E-state index < -0.39 is 0 Å². The Morgan fingerprint density at radius 1 is 1.25 bits per heavy atom. The first-order valence-electron chi connectivity index (χ1n) is 9.82. The maximum absolute atomic E-state index is 12.8. The number of hydrogen-bond donors (Lipinski definition) is 2. The Bertz CT molecular complexity index is 1320. The monoisotopic (exact) mass is 468 g/mol. The van der Waals surface area contributed by atoms with E-state index in [-0.39, 0.29) is 18.0 Å². The number of nitrogens with one attached hydrogen (secondary N) is 2. The molecule has 2 aromatic carbocycles. The van der Waals surface area contributed by atoms with Gasteiger partial charge < -0.3 is 15.0 Å². The van der Waals surface area contributed by atoms with E-state index in [1.54, 1.807) is 30.1 Å². The molecule has 0 atom stereocenters. The fraction of sp³-hybridized carbons (Fsp3) is 0.174. The van der Waals surface area contributed by atoms with Crippen LogP contribution in [0.2, 0.25) is 5.02 Å². The van der Waals surface area contributed by atoms with Crippen LogP contribution in [-0.4, -0.2) is 41.5 Å². The quantitative estimate of drug-likeness (QED) is 0.420. The number of aromatic amines is 1. The highest BCUT2D eigenvalue weighted by atomic mass is 35.5. The van der Waals surface area contributed by atoms with Crippen LogP contribution in [0.3, 0.4) is 0 Å². The van der Waals surface area contributed by atoms with Crippen molar-refractivity contribution >= 4 is 44.7 Å². The van der Waals surface area contributed by atoms with E-state index in [4.69, 9.17) is 16.3 Å². The number of benzene rings is 2. The van der Waals surface area contributed by atoms with Crippen molar-refractivity contribution in [1.29, 1.82) is 0 Å². The standard InChI is InChI=1S/C23H21ClN4O3S/c1-28(12-20(29)25-17-10-15(24)8-9-18(17)31-2)11-19-26-22(30)21-16(13-32-23(21)27-19)14-6-4-3-5-7-14/h3-10,13H,11-12H2,1-2H3,(H,25,29)(H,26,27,30). The van der Waals surface area contributed by atoms with Crippen LogP contribution in [0, 0.1) is 0 Å². The summed E-state index contributed by atoms with van der Waals surface area (Å²) in [6.45, 7) is 0.404. The molecule has 4 rings (SSSR count). The molecule has 0 aliphatic heterocycles. The highest BCUT2D eigenvalue weighted by Crippen LogP contribution is 2.30. The SMILES string of the molecule is COc1ccc(Cl)cc1NC(=O)CN(C)Cc1nc2scc(-c3ccccc3)c2c(=O)[nH]1. The number of fused-ring (bicyclic) bond motifs is 1. The number of amides is 1. The zero-order valence-electron chi connectivity index (χ0n) is 17.5. The molecule has 0 bridgehead atoms. The molecular weight excluding hydrogens is 448 g/mol. The van der Waals surface area contributed by atoms with E-state index in [0.717, 1.165) is 11.1 Å². The van der Waals surface area contributed by atoms with Crippen molar-refractivity contribution in [3.8, 4) is 16.9 Å². The molecule has 0 saturated carbocycles. The van der Waals surface area contributed by atoms with E-state index in [2.05, 4.69) is 15.3 Å². The summed E-state index contributed by atoms with van der Waals surface area (Å²) >= 11 is 7.45. The highest BCUT2D eigenvalue weighted by Gasteiger charge is 2.15. The zero-order chi connectivity index (χ0) is 22.7. The molecule has 0 aliphatic rings. The number of nitrogens with zero attached hydrogens (tertiary/aromatic N) is 2. The molecule has 164 valence electrons. The van der Waals surface area contributed by atoms with Gasteiger partial charge in [-0.2, -0.15) is 0 Å². The number of rotatable bonds is 7. The Labute approximate surface area is 193 Å². The molecule has 2 N–H and O–H groups in total. The van der Waals surface area contributed by atoms with Gasteiger partial charge in [0, 0.05) is 16.0 Å². The Hall–Kier alpha value is -3.20. The van der Waals surface area contributed by atoms with Crippen molar-refractivity contribution in [2.75, 3.05) is 26.0 Å². The average molecular weight is 469 g/mol. The summed E-state index contributed by atoms with van der Waals surface area (Å²) in [4.78, 5) is 35.2. The van der Waals surface area contributed by atoms with E-state index in [0.29, 0.717) is 39.0 Å². The summed E-state index contributed by atoms with van der Waals surface area (Å²) in [5.74, 6) is 0.785. The smallest absolute Gasteiger partial charge is 0.260 e. The Balaban J connectivity index is 1.47. The molecule has 9 heteroatoms. The van der Waals surface area contributed by atoms with E-state index in [1.165, 1.54) is 18.4 Å². The number of H-pyrrole nitrogens is 1. The third-order valence-corrected chi connectivity index (χ3v) is 5.95. The number of ether oxygens (including phenoxy) is 1. The molecular formula is C23H21ClN4O3S. The summed E-state index contributed by atoms with van der Waals surface area (Å²) in [5, 5.41) is 5.82. The van der Waals surface area contributed by atoms with Crippen LogP contribution in [0.5, 0.6) is 5.75 Å². The van der Waals surface area contributed by atoms with Crippen LogP contribution in [0.4, 0.5) is 5.69 Å². The van der Waals surface area contributed by atoms with Gasteiger partial charge in [0.15, 0.2) is 0 Å². The van der Waals surface area contributed by atoms with Gasteiger partial charge in [0.2, 0.25) is 5.91 Å². The lowest BCUT2D eigenvalue weighted by atomic mass is 10.1. The Morgan fingerprint density at radius 3 is 2.78 bits per heavy atom. The molecule has 0 unspecified atom stereocenters. The molecule has 7 nitrogen and oxygen atoms in total. The molecule has 0 aliphatic carbocycles. The van der Waals surface area contributed by atoms with E-state index in [9.17, 15) is 9.59 Å². The topological polar surface area (TPSA) is 87.3 Å². The van der Waals surface area contributed by atoms with Crippen molar-refractivity contribution in [1.82, 2.24) is 14.9 Å². The zero-order valence-corrected chi connectivity index (χ0v) is 19.1. The minimum absolute atomic E-state index is 0.0944. The number of hydrogen-bond acceptors (Lipinski definition) is 6. The Kier molecular flexibility index (Phi) is 6.55. The van der Waals surface area contributed by atoms with Crippen LogP contribution < -0.4 is 15.6 Å².